The number of hydrogen-bond donors (Lipinski definition) is 0. The van der Waals surface area contributed by atoms with Crippen molar-refractivity contribution in [1.82, 2.24) is 9.97 Å². The monoisotopic (exact) mass is 330 g/mol. The van der Waals surface area contributed by atoms with Crippen molar-refractivity contribution in [3.8, 4) is 17.1 Å². The Hall–Kier alpha value is -1.03. The Morgan fingerprint density at radius 2 is 1.65 bits per heavy atom. The molecule has 0 spiro atoms. The molecule has 2 rings (SSSR count). The van der Waals surface area contributed by atoms with Gasteiger partial charge in [-0.2, -0.15) is 0 Å². The van der Waals surface area contributed by atoms with Crippen LogP contribution in [0.5, 0.6) is 5.75 Å². The molecule has 0 fully saturated rings. The van der Waals surface area contributed by atoms with E-state index in [0.29, 0.717) is 26.9 Å². The second-order valence-electron chi connectivity index (χ2n) is 4.55. The van der Waals surface area contributed by atoms with E-state index in [1.807, 2.05) is 19.9 Å². The number of aromatic nitrogens is 2. The van der Waals surface area contributed by atoms with Crippen LogP contribution < -0.4 is 4.74 Å². The summed E-state index contributed by atoms with van der Waals surface area (Å²) in [6, 6.07) is 5.28. The number of hydrogen-bond acceptors (Lipinski definition) is 3. The summed E-state index contributed by atoms with van der Waals surface area (Å²) in [5, 5.41) is 1.21. The van der Waals surface area contributed by atoms with E-state index in [2.05, 4.69) is 9.97 Å². The van der Waals surface area contributed by atoms with Gasteiger partial charge in [-0.1, -0.05) is 48.7 Å². The van der Waals surface area contributed by atoms with Gasteiger partial charge < -0.3 is 4.74 Å². The summed E-state index contributed by atoms with van der Waals surface area (Å²) in [4.78, 5) is 8.58. The van der Waals surface area contributed by atoms with Gasteiger partial charge in [0.2, 0.25) is 0 Å². The average Bonchev–Trinajstić information content (AvgIpc) is 2.37. The first kappa shape index (κ1) is 15.4. The van der Waals surface area contributed by atoms with Gasteiger partial charge >= 0.3 is 0 Å². The smallest absolute Gasteiger partial charge is 0.162 e. The maximum absolute atomic E-state index is 6.18. The van der Waals surface area contributed by atoms with Crippen LogP contribution in [0, 0.1) is 0 Å². The van der Waals surface area contributed by atoms with Crippen molar-refractivity contribution < 1.29 is 4.74 Å². The minimum atomic E-state index is 0.156. The zero-order valence-corrected chi connectivity index (χ0v) is 13.5. The third-order valence-corrected chi connectivity index (χ3v) is 3.71. The van der Waals surface area contributed by atoms with Crippen LogP contribution in [0.25, 0.3) is 11.4 Å². The second-order valence-corrected chi connectivity index (χ2v) is 5.67. The number of rotatable bonds is 3. The minimum Gasteiger partial charge on any atom is -0.495 e. The highest BCUT2D eigenvalue weighted by Crippen LogP contribution is 2.33. The molecule has 0 unspecified atom stereocenters. The average molecular weight is 332 g/mol. The predicted octanol–water partition coefficient (Wildman–Crippen LogP) is 5.24. The summed E-state index contributed by atoms with van der Waals surface area (Å²) in [5.74, 6) is 1.18. The zero-order chi connectivity index (χ0) is 14.9. The van der Waals surface area contributed by atoms with Gasteiger partial charge in [-0.15, -0.1) is 0 Å². The number of ether oxygens (including phenoxy) is 1. The molecule has 1 aromatic carbocycles. The molecule has 0 aliphatic carbocycles. The fourth-order valence-electron chi connectivity index (χ4n) is 1.83. The van der Waals surface area contributed by atoms with Gasteiger partial charge in [0, 0.05) is 11.1 Å². The summed E-state index contributed by atoms with van der Waals surface area (Å²) in [6.07, 6.45) is 0. The van der Waals surface area contributed by atoms with Gasteiger partial charge in [0.05, 0.1) is 12.1 Å². The molecular weight excluding hydrogens is 319 g/mol. The van der Waals surface area contributed by atoms with Crippen molar-refractivity contribution in [2.24, 2.45) is 0 Å². The molecule has 1 aromatic heterocycles. The van der Waals surface area contributed by atoms with Crippen molar-refractivity contribution in [2.45, 2.75) is 19.8 Å². The number of halogens is 3. The molecule has 0 aliphatic rings. The zero-order valence-electron chi connectivity index (χ0n) is 11.2. The van der Waals surface area contributed by atoms with Crippen LogP contribution in [0.3, 0.4) is 0 Å². The molecule has 0 bridgehead atoms. The van der Waals surface area contributed by atoms with Gasteiger partial charge in [0.25, 0.3) is 0 Å². The molecule has 2 aromatic rings. The van der Waals surface area contributed by atoms with Crippen LogP contribution in [-0.4, -0.2) is 17.1 Å². The Morgan fingerprint density at radius 1 is 1.05 bits per heavy atom. The number of methoxy groups -OCH3 is 1. The molecule has 0 radical (unpaired) electrons. The summed E-state index contributed by atoms with van der Waals surface area (Å²) in [6.45, 7) is 3.97. The van der Waals surface area contributed by atoms with Crippen LogP contribution in [0.2, 0.25) is 15.3 Å². The van der Waals surface area contributed by atoms with E-state index in [-0.39, 0.29) is 5.92 Å². The lowest BCUT2D eigenvalue weighted by Gasteiger charge is -2.11. The molecule has 3 nitrogen and oxygen atoms in total. The van der Waals surface area contributed by atoms with E-state index in [9.17, 15) is 0 Å². The lowest BCUT2D eigenvalue weighted by atomic mass is 10.1. The lowest BCUT2D eigenvalue weighted by Crippen LogP contribution is -1.99. The Morgan fingerprint density at radius 3 is 2.10 bits per heavy atom. The van der Waals surface area contributed by atoms with Crippen LogP contribution in [0.1, 0.15) is 25.3 Å². The Labute approximate surface area is 132 Å². The van der Waals surface area contributed by atoms with E-state index in [1.54, 1.807) is 19.2 Å². The standard InChI is InChI=1S/C14H13Cl3N2O/c1-7(2)11-12(16)18-14(19-13(11)17)8-4-5-10(20-3)9(15)6-8/h4-7H,1-3H3. The van der Waals surface area contributed by atoms with E-state index >= 15 is 0 Å². The quantitative estimate of drug-likeness (QED) is 0.722. The summed E-state index contributed by atoms with van der Waals surface area (Å²) in [5.41, 5.74) is 1.48. The largest absolute Gasteiger partial charge is 0.495 e. The molecule has 0 amide bonds. The van der Waals surface area contributed by atoms with E-state index < -0.39 is 0 Å². The van der Waals surface area contributed by atoms with Gasteiger partial charge in [0.1, 0.15) is 16.1 Å². The first-order valence-corrected chi connectivity index (χ1v) is 7.14. The summed E-state index contributed by atoms with van der Waals surface area (Å²) >= 11 is 18.5. The first-order chi connectivity index (χ1) is 9.43. The number of nitrogens with zero attached hydrogens (tertiary/aromatic N) is 2. The SMILES string of the molecule is COc1ccc(-c2nc(Cl)c(C(C)C)c(Cl)n2)cc1Cl. The van der Waals surface area contributed by atoms with E-state index in [1.165, 1.54) is 0 Å². The highest BCUT2D eigenvalue weighted by molar-refractivity contribution is 6.35. The topological polar surface area (TPSA) is 35.0 Å². The third-order valence-electron chi connectivity index (χ3n) is 2.84. The molecule has 20 heavy (non-hydrogen) atoms. The maximum atomic E-state index is 6.18. The molecule has 106 valence electrons. The minimum absolute atomic E-state index is 0.156. The van der Waals surface area contributed by atoms with Crippen LogP contribution in [0.4, 0.5) is 0 Å². The Kier molecular flexibility index (Phi) is 4.74. The normalized spacial score (nSPS) is 10.9. The van der Waals surface area contributed by atoms with Crippen molar-refractivity contribution >= 4 is 34.8 Å². The van der Waals surface area contributed by atoms with E-state index in [4.69, 9.17) is 39.5 Å². The predicted molar refractivity (Wildman–Crippen MR) is 83.1 cm³/mol. The Balaban J connectivity index is 2.51. The van der Waals surface area contributed by atoms with E-state index in [0.717, 1.165) is 11.1 Å². The highest BCUT2D eigenvalue weighted by Gasteiger charge is 2.16. The fourth-order valence-corrected chi connectivity index (χ4v) is 2.91. The van der Waals surface area contributed by atoms with Crippen LogP contribution >= 0.6 is 34.8 Å². The van der Waals surface area contributed by atoms with Gasteiger partial charge in [-0.25, -0.2) is 9.97 Å². The van der Waals surface area contributed by atoms with Crippen LogP contribution in [0.15, 0.2) is 18.2 Å². The van der Waals surface area contributed by atoms with Crippen molar-refractivity contribution in [1.29, 1.82) is 0 Å². The molecule has 1 heterocycles. The van der Waals surface area contributed by atoms with Crippen molar-refractivity contribution in [3.05, 3.63) is 39.1 Å². The summed E-state index contributed by atoms with van der Waals surface area (Å²) < 4.78 is 5.11. The molecule has 0 saturated carbocycles. The molecule has 6 heteroatoms. The van der Waals surface area contributed by atoms with Gasteiger partial charge in [0.15, 0.2) is 5.82 Å². The van der Waals surface area contributed by atoms with Crippen molar-refractivity contribution in [3.63, 3.8) is 0 Å². The fraction of sp³-hybridized carbons (Fsp3) is 0.286. The Bertz CT molecular complexity index is 621. The van der Waals surface area contributed by atoms with Crippen molar-refractivity contribution in [2.75, 3.05) is 7.11 Å². The van der Waals surface area contributed by atoms with Crippen LogP contribution in [-0.2, 0) is 0 Å². The third kappa shape index (κ3) is 3.00. The maximum Gasteiger partial charge on any atom is 0.162 e. The lowest BCUT2D eigenvalue weighted by molar-refractivity contribution is 0.415. The van der Waals surface area contributed by atoms with Gasteiger partial charge in [-0.05, 0) is 24.1 Å². The molecule has 0 saturated heterocycles. The summed E-state index contributed by atoms with van der Waals surface area (Å²) in [7, 11) is 1.56. The second kappa shape index (κ2) is 6.17. The highest BCUT2D eigenvalue weighted by atomic mass is 35.5. The van der Waals surface area contributed by atoms with Gasteiger partial charge in [-0.3, -0.25) is 0 Å². The number of benzene rings is 1. The first-order valence-electron chi connectivity index (χ1n) is 6.01. The molecular formula is C14H13Cl3N2O. The molecule has 0 aliphatic heterocycles. The molecule has 0 N–H and O–H groups in total. The molecule has 0 atom stereocenters.